The van der Waals surface area contributed by atoms with Crippen LogP contribution in [0, 0.1) is 0 Å². The van der Waals surface area contributed by atoms with Gasteiger partial charge in [-0.2, -0.15) is 0 Å². The van der Waals surface area contributed by atoms with Crippen LogP contribution in [0.4, 0.5) is 0 Å². The van der Waals surface area contributed by atoms with E-state index in [-0.39, 0.29) is 23.8 Å². The molecule has 2 aromatic rings. The summed E-state index contributed by atoms with van der Waals surface area (Å²) >= 11 is 0. The number of carbonyl (C=O) groups is 2. The normalized spacial score (nSPS) is 16.2. The molecule has 4 heteroatoms. The van der Waals surface area contributed by atoms with Gasteiger partial charge in [0.25, 0.3) is 0 Å². The Bertz CT molecular complexity index is 756. The summed E-state index contributed by atoms with van der Waals surface area (Å²) in [5, 5.41) is 0. The summed E-state index contributed by atoms with van der Waals surface area (Å²) in [5.41, 5.74) is 3.42. The number of ketones is 1. The Hall–Kier alpha value is -2.36. The van der Waals surface area contributed by atoms with Crippen molar-refractivity contribution in [3.05, 3.63) is 58.9 Å². The molecule has 1 atom stereocenters. The van der Waals surface area contributed by atoms with Crippen LogP contribution < -0.4 is 0 Å². The SMILES string of the molecule is CCc1ccc(C(=O)c2ccc3n2CCC3C(=O)OC(C)C)cc1. The van der Waals surface area contributed by atoms with E-state index in [0.29, 0.717) is 24.2 Å². The van der Waals surface area contributed by atoms with E-state index in [1.165, 1.54) is 5.56 Å². The van der Waals surface area contributed by atoms with Gasteiger partial charge in [-0.25, -0.2) is 0 Å². The maximum Gasteiger partial charge on any atom is 0.315 e. The topological polar surface area (TPSA) is 48.3 Å². The molecule has 0 spiro atoms. The molecule has 1 aliphatic heterocycles. The molecule has 2 heterocycles. The number of ether oxygens (including phenoxy) is 1. The molecule has 0 saturated carbocycles. The highest BCUT2D eigenvalue weighted by Crippen LogP contribution is 2.32. The molecule has 1 unspecified atom stereocenters. The highest BCUT2D eigenvalue weighted by atomic mass is 16.5. The molecular weight excluding hydrogens is 302 g/mol. The second kappa shape index (κ2) is 6.63. The smallest absolute Gasteiger partial charge is 0.315 e. The molecule has 0 N–H and O–H groups in total. The second-order valence-electron chi connectivity index (χ2n) is 6.50. The van der Waals surface area contributed by atoms with Crippen molar-refractivity contribution in [3.8, 4) is 0 Å². The average Bonchev–Trinajstić information content (AvgIpc) is 3.15. The number of hydrogen-bond donors (Lipinski definition) is 0. The number of nitrogens with zero attached hydrogens (tertiary/aromatic N) is 1. The molecule has 1 aromatic heterocycles. The number of aryl methyl sites for hydroxylation is 1. The minimum absolute atomic E-state index is 0.00165. The van der Waals surface area contributed by atoms with Gasteiger partial charge in [-0.3, -0.25) is 9.59 Å². The molecule has 126 valence electrons. The van der Waals surface area contributed by atoms with Crippen molar-refractivity contribution in [3.63, 3.8) is 0 Å². The molecule has 1 aliphatic rings. The van der Waals surface area contributed by atoms with E-state index in [1.807, 2.05) is 54.8 Å². The van der Waals surface area contributed by atoms with E-state index in [2.05, 4.69) is 6.92 Å². The van der Waals surface area contributed by atoms with Crippen LogP contribution in [-0.4, -0.2) is 22.4 Å². The maximum absolute atomic E-state index is 12.8. The van der Waals surface area contributed by atoms with E-state index in [4.69, 9.17) is 4.74 Å². The van der Waals surface area contributed by atoms with Gasteiger partial charge in [-0.05, 0) is 44.4 Å². The predicted molar refractivity (Wildman–Crippen MR) is 92.3 cm³/mol. The fraction of sp³-hybridized carbons (Fsp3) is 0.400. The van der Waals surface area contributed by atoms with Crippen LogP contribution in [0.1, 0.15) is 60.4 Å². The average molecular weight is 325 g/mol. The van der Waals surface area contributed by atoms with Gasteiger partial charge >= 0.3 is 5.97 Å². The summed E-state index contributed by atoms with van der Waals surface area (Å²) in [7, 11) is 0. The summed E-state index contributed by atoms with van der Waals surface area (Å²) in [6.07, 6.45) is 1.52. The first-order valence-corrected chi connectivity index (χ1v) is 8.54. The zero-order valence-electron chi connectivity index (χ0n) is 14.4. The van der Waals surface area contributed by atoms with Gasteiger partial charge < -0.3 is 9.30 Å². The lowest BCUT2D eigenvalue weighted by Crippen LogP contribution is -2.18. The highest BCUT2D eigenvalue weighted by Gasteiger charge is 2.33. The van der Waals surface area contributed by atoms with Crippen LogP contribution in [0.15, 0.2) is 36.4 Å². The van der Waals surface area contributed by atoms with E-state index < -0.39 is 0 Å². The number of fused-ring (bicyclic) bond motifs is 1. The number of aromatic nitrogens is 1. The van der Waals surface area contributed by atoms with Crippen molar-refractivity contribution in [1.82, 2.24) is 4.57 Å². The predicted octanol–water partition coefficient (Wildman–Crippen LogP) is 3.72. The molecule has 1 aromatic carbocycles. The van der Waals surface area contributed by atoms with Gasteiger partial charge in [0.15, 0.2) is 0 Å². The standard InChI is InChI=1S/C20H23NO3/c1-4-14-5-7-15(8-6-14)19(22)18-10-9-17-16(11-12-21(17)18)20(23)24-13(2)3/h5-10,13,16H,4,11-12H2,1-3H3. The zero-order valence-corrected chi connectivity index (χ0v) is 14.4. The first-order valence-electron chi connectivity index (χ1n) is 8.54. The number of rotatable bonds is 5. The number of hydrogen-bond acceptors (Lipinski definition) is 3. The quantitative estimate of drug-likeness (QED) is 0.622. The Morgan fingerprint density at radius 3 is 2.50 bits per heavy atom. The van der Waals surface area contributed by atoms with Crippen LogP contribution in [0.5, 0.6) is 0 Å². The molecule has 0 radical (unpaired) electrons. The lowest BCUT2D eigenvalue weighted by Gasteiger charge is -2.12. The molecular formula is C20H23NO3. The third-order valence-electron chi connectivity index (χ3n) is 4.51. The fourth-order valence-electron chi connectivity index (χ4n) is 3.23. The van der Waals surface area contributed by atoms with Crippen LogP contribution in [0.2, 0.25) is 0 Å². The van der Waals surface area contributed by atoms with Gasteiger partial charge in [-0.15, -0.1) is 0 Å². The maximum atomic E-state index is 12.8. The van der Waals surface area contributed by atoms with Crippen LogP contribution in [0.3, 0.4) is 0 Å². The number of benzene rings is 1. The molecule has 0 aliphatic carbocycles. The Kier molecular flexibility index (Phi) is 4.56. The molecule has 24 heavy (non-hydrogen) atoms. The van der Waals surface area contributed by atoms with Gasteiger partial charge in [0, 0.05) is 17.8 Å². The molecule has 0 amide bonds. The van der Waals surface area contributed by atoms with E-state index >= 15 is 0 Å². The van der Waals surface area contributed by atoms with E-state index in [1.54, 1.807) is 0 Å². The third kappa shape index (κ3) is 3.01. The number of esters is 1. The number of carbonyl (C=O) groups excluding carboxylic acids is 2. The lowest BCUT2D eigenvalue weighted by molar-refractivity contribution is -0.149. The summed E-state index contributed by atoms with van der Waals surface area (Å²) in [5.74, 6) is -0.466. The van der Waals surface area contributed by atoms with Gasteiger partial charge in [0.1, 0.15) is 0 Å². The Morgan fingerprint density at radius 2 is 1.88 bits per heavy atom. The van der Waals surface area contributed by atoms with Crippen LogP contribution in [-0.2, 0) is 22.5 Å². The van der Waals surface area contributed by atoms with Crippen LogP contribution >= 0.6 is 0 Å². The highest BCUT2D eigenvalue weighted by molar-refractivity contribution is 6.08. The first-order chi connectivity index (χ1) is 11.5. The minimum Gasteiger partial charge on any atom is -0.462 e. The van der Waals surface area contributed by atoms with Crippen molar-refractivity contribution in [2.75, 3.05) is 0 Å². The summed E-state index contributed by atoms with van der Waals surface area (Å²) in [6.45, 7) is 6.46. The van der Waals surface area contributed by atoms with Crippen molar-refractivity contribution in [2.24, 2.45) is 0 Å². The minimum atomic E-state index is -0.267. The summed E-state index contributed by atoms with van der Waals surface area (Å²) in [6, 6.07) is 11.4. The monoisotopic (exact) mass is 325 g/mol. The fourth-order valence-corrected chi connectivity index (χ4v) is 3.23. The third-order valence-corrected chi connectivity index (χ3v) is 4.51. The summed E-state index contributed by atoms with van der Waals surface area (Å²) < 4.78 is 7.29. The second-order valence-corrected chi connectivity index (χ2v) is 6.50. The van der Waals surface area contributed by atoms with Gasteiger partial charge in [0.2, 0.25) is 5.78 Å². The van der Waals surface area contributed by atoms with E-state index in [0.717, 1.165) is 12.1 Å². The zero-order chi connectivity index (χ0) is 17.3. The van der Waals surface area contributed by atoms with Gasteiger partial charge in [-0.1, -0.05) is 31.2 Å². The largest absolute Gasteiger partial charge is 0.462 e. The Morgan fingerprint density at radius 1 is 1.17 bits per heavy atom. The Balaban J connectivity index is 1.84. The molecule has 4 nitrogen and oxygen atoms in total. The lowest BCUT2D eigenvalue weighted by atomic mass is 10.0. The molecule has 3 rings (SSSR count). The van der Waals surface area contributed by atoms with Crippen molar-refractivity contribution >= 4 is 11.8 Å². The van der Waals surface area contributed by atoms with E-state index in [9.17, 15) is 9.59 Å². The van der Waals surface area contributed by atoms with Crippen LogP contribution in [0.25, 0.3) is 0 Å². The summed E-state index contributed by atoms with van der Waals surface area (Å²) in [4.78, 5) is 25.0. The molecule has 0 bridgehead atoms. The first kappa shape index (κ1) is 16.5. The van der Waals surface area contributed by atoms with Gasteiger partial charge in [0.05, 0.1) is 17.7 Å². The Labute approximate surface area is 142 Å². The van der Waals surface area contributed by atoms with Crippen molar-refractivity contribution in [1.29, 1.82) is 0 Å². The molecule has 0 fully saturated rings. The molecule has 0 saturated heterocycles. The van der Waals surface area contributed by atoms with Crippen molar-refractivity contribution in [2.45, 2.75) is 52.2 Å². The van der Waals surface area contributed by atoms with Crippen molar-refractivity contribution < 1.29 is 14.3 Å².